The maximum absolute atomic E-state index is 12.3. The van der Waals surface area contributed by atoms with Gasteiger partial charge >= 0.3 is 0 Å². The molecule has 2 aliphatic heterocycles. The largest absolute Gasteiger partial charge is 0.350 e. The zero-order chi connectivity index (χ0) is 14.3. The molecule has 0 spiro atoms. The number of benzene rings is 1. The molecule has 106 valence electrons. The highest BCUT2D eigenvalue weighted by Crippen LogP contribution is 2.37. The Balaban J connectivity index is 1.95. The summed E-state index contributed by atoms with van der Waals surface area (Å²) in [6.45, 7) is 4.87. The van der Waals surface area contributed by atoms with E-state index >= 15 is 0 Å². The van der Waals surface area contributed by atoms with Crippen molar-refractivity contribution in [1.82, 2.24) is 5.32 Å². The van der Waals surface area contributed by atoms with Gasteiger partial charge in [0.1, 0.15) is 0 Å². The summed E-state index contributed by atoms with van der Waals surface area (Å²) < 4.78 is 0. The lowest BCUT2D eigenvalue weighted by Gasteiger charge is -2.26. The van der Waals surface area contributed by atoms with Crippen LogP contribution in [0.25, 0.3) is 0 Å². The fraction of sp³-hybridized carbons (Fsp3) is 0.500. The molecule has 4 nitrogen and oxygen atoms in total. The van der Waals surface area contributed by atoms with E-state index < -0.39 is 0 Å². The van der Waals surface area contributed by atoms with Crippen molar-refractivity contribution in [1.29, 1.82) is 0 Å². The van der Waals surface area contributed by atoms with Gasteiger partial charge < -0.3 is 10.2 Å². The number of amides is 2. The number of hydrogen-bond acceptors (Lipinski definition) is 2. The molecule has 0 aromatic heterocycles. The van der Waals surface area contributed by atoms with Crippen molar-refractivity contribution in [3.05, 3.63) is 28.8 Å². The second kappa shape index (κ2) is 4.93. The van der Waals surface area contributed by atoms with Crippen molar-refractivity contribution in [3.8, 4) is 0 Å². The van der Waals surface area contributed by atoms with Crippen molar-refractivity contribution < 1.29 is 9.59 Å². The van der Waals surface area contributed by atoms with Gasteiger partial charge in [-0.25, -0.2) is 0 Å². The van der Waals surface area contributed by atoms with Gasteiger partial charge in [0, 0.05) is 18.2 Å². The molecule has 0 fully saturated rings. The molecule has 0 saturated carbocycles. The first-order valence-corrected chi connectivity index (χ1v) is 7.37. The summed E-state index contributed by atoms with van der Waals surface area (Å²) in [5, 5.41) is 2.99. The van der Waals surface area contributed by atoms with Gasteiger partial charge in [0.2, 0.25) is 5.91 Å². The van der Waals surface area contributed by atoms with Crippen LogP contribution < -0.4 is 10.2 Å². The van der Waals surface area contributed by atoms with E-state index in [1.807, 2.05) is 30.9 Å². The molecule has 4 heteroatoms. The predicted molar refractivity (Wildman–Crippen MR) is 78.0 cm³/mol. The lowest BCUT2D eigenvalue weighted by atomic mass is 9.96. The fourth-order valence-electron chi connectivity index (χ4n) is 3.02. The number of carbonyl (C=O) groups is 2. The minimum atomic E-state index is -0.0325. The molecule has 2 heterocycles. The van der Waals surface area contributed by atoms with Crippen LogP contribution in [0.5, 0.6) is 0 Å². The van der Waals surface area contributed by atoms with Gasteiger partial charge in [-0.1, -0.05) is 6.92 Å². The maximum Gasteiger partial charge on any atom is 0.251 e. The van der Waals surface area contributed by atoms with Crippen LogP contribution in [0.4, 0.5) is 5.69 Å². The third-order valence-corrected chi connectivity index (χ3v) is 4.26. The molecule has 1 aromatic carbocycles. The molecule has 0 saturated heterocycles. The third-order valence-electron chi connectivity index (χ3n) is 4.26. The number of nitrogens with zero attached hydrogens (tertiary/aromatic N) is 1. The first kappa shape index (κ1) is 13.2. The Bertz CT molecular complexity index is 580. The number of anilines is 1. The number of carbonyl (C=O) groups excluding carboxylic acids is 2. The van der Waals surface area contributed by atoms with Crippen LogP contribution in [0.15, 0.2) is 12.1 Å². The molecule has 2 aliphatic rings. The molecule has 0 radical (unpaired) electrons. The summed E-state index contributed by atoms with van der Waals surface area (Å²) >= 11 is 0. The van der Waals surface area contributed by atoms with Gasteiger partial charge in [0.05, 0.1) is 12.1 Å². The van der Waals surface area contributed by atoms with Crippen LogP contribution in [0, 0.1) is 0 Å². The molecular formula is C16H20N2O2. The highest BCUT2D eigenvalue weighted by molar-refractivity contribution is 6.04. The van der Waals surface area contributed by atoms with Gasteiger partial charge in [0.25, 0.3) is 5.91 Å². The van der Waals surface area contributed by atoms with E-state index in [4.69, 9.17) is 0 Å². The molecule has 20 heavy (non-hydrogen) atoms. The van der Waals surface area contributed by atoms with Gasteiger partial charge in [-0.3, -0.25) is 9.59 Å². The Morgan fingerprint density at radius 1 is 1.40 bits per heavy atom. The smallest absolute Gasteiger partial charge is 0.251 e. The summed E-state index contributed by atoms with van der Waals surface area (Å²) in [6.07, 6.45) is 3.29. The van der Waals surface area contributed by atoms with E-state index in [-0.39, 0.29) is 17.9 Å². The maximum atomic E-state index is 12.3. The normalized spacial score (nSPS) is 17.9. The van der Waals surface area contributed by atoms with Crippen molar-refractivity contribution in [2.45, 2.75) is 45.6 Å². The Labute approximate surface area is 119 Å². The highest BCUT2D eigenvalue weighted by atomic mass is 16.2. The molecule has 1 aromatic rings. The average molecular weight is 272 g/mol. The Morgan fingerprint density at radius 2 is 2.15 bits per heavy atom. The van der Waals surface area contributed by atoms with E-state index in [1.165, 1.54) is 0 Å². The van der Waals surface area contributed by atoms with Gasteiger partial charge in [-0.15, -0.1) is 0 Å². The Hall–Kier alpha value is -1.84. The van der Waals surface area contributed by atoms with Crippen molar-refractivity contribution in [2.75, 3.05) is 11.4 Å². The van der Waals surface area contributed by atoms with E-state index in [1.54, 1.807) is 0 Å². The summed E-state index contributed by atoms with van der Waals surface area (Å²) in [5.41, 5.74) is 3.92. The fourth-order valence-corrected chi connectivity index (χ4v) is 3.02. The molecule has 3 rings (SSSR count). The van der Waals surface area contributed by atoms with E-state index in [0.717, 1.165) is 42.6 Å². The van der Waals surface area contributed by atoms with Crippen molar-refractivity contribution in [2.24, 2.45) is 0 Å². The molecule has 0 bridgehead atoms. The first-order chi connectivity index (χ1) is 9.60. The Kier molecular flexibility index (Phi) is 3.24. The van der Waals surface area contributed by atoms with Gasteiger partial charge in [0.15, 0.2) is 0 Å². The minimum Gasteiger partial charge on any atom is -0.350 e. The molecule has 1 atom stereocenters. The lowest BCUT2D eigenvalue weighted by molar-refractivity contribution is -0.117. The van der Waals surface area contributed by atoms with Gasteiger partial charge in [-0.2, -0.15) is 0 Å². The summed E-state index contributed by atoms with van der Waals surface area (Å²) in [6, 6.07) is 4.02. The lowest BCUT2D eigenvalue weighted by Crippen LogP contribution is -2.33. The van der Waals surface area contributed by atoms with Gasteiger partial charge in [-0.05, 0) is 49.4 Å². The molecular weight excluding hydrogens is 252 g/mol. The second-order valence-electron chi connectivity index (χ2n) is 5.75. The third kappa shape index (κ3) is 2.09. The summed E-state index contributed by atoms with van der Waals surface area (Å²) in [4.78, 5) is 26.1. The van der Waals surface area contributed by atoms with Crippen LogP contribution in [0.3, 0.4) is 0 Å². The summed E-state index contributed by atoms with van der Waals surface area (Å²) in [7, 11) is 0. The molecule has 0 aliphatic carbocycles. The minimum absolute atomic E-state index is 0.0325. The first-order valence-electron chi connectivity index (χ1n) is 7.37. The SMILES string of the molecule is CCC(C)NC(=O)c1cc2c3c(c1)CC(=O)N3CCC2. The topological polar surface area (TPSA) is 49.4 Å². The highest BCUT2D eigenvalue weighted by Gasteiger charge is 2.32. The van der Waals surface area contributed by atoms with Crippen molar-refractivity contribution >= 4 is 17.5 Å². The quantitative estimate of drug-likeness (QED) is 0.915. The van der Waals surface area contributed by atoms with Crippen LogP contribution in [0.2, 0.25) is 0 Å². The zero-order valence-corrected chi connectivity index (χ0v) is 12.0. The average Bonchev–Trinajstić information content (AvgIpc) is 2.77. The molecule has 2 amide bonds. The van der Waals surface area contributed by atoms with E-state index in [2.05, 4.69) is 5.32 Å². The van der Waals surface area contributed by atoms with Crippen molar-refractivity contribution in [3.63, 3.8) is 0 Å². The predicted octanol–water partition coefficient (Wildman–Crippen LogP) is 2.05. The monoisotopic (exact) mass is 272 g/mol. The Morgan fingerprint density at radius 3 is 2.90 bits per heavy atom. The second-order valence-corrected chi connectivity index (χ2v) is 5.75. The molecule has 1 N–H and O–H groups in total. The van der Waals surface area contributed by atoms with E-state index in [9.17, 15) is 9.59 Å². The number of rotatable bonds is 3. The number of hydrogen-bond donors (Lipinski definition) is 1. The summed E-state index contributed by atoms with van der Waals surface area (Å²) in [5.74, 6) is 0.135. The molecule has 1 unspecified atom stereocenters. The van der Waals surface area contributed by atoms with Crippen LogP contribution >= 0.6 is 0 Å². The van der Waals surface area contributed by atoms with E-state index in [0.29, 0.717) is 12.0 Å². The number of nitrogens with one attached hydrogen (secondary N) is 1. The van der Waals surface area contributed by atoms with Crippen LogP contribution in [-0.4, -0.2) is 24.4 Å². The van der Waals surface area contributed by atoms with Crippen LogP contribution in [0.1, 0.15) is 48.2 Å². The standard InChI is InChI=1S/C16H20N2O2/c1-3-10(2)17-16(20)13-7-11-5-4-6-18-14(19)9-12(8-13)15(11)18/h7-8,10H,3-6,9H2,1-2H3,(H,17,20). The van der Waals surface area contributed by atoms with Crippen LogP contribution in [-0.2, 0) is 17.6 Å². The number of aryl methyl sites for hydroxylation is 1. The zero-order valence-electron chi connectivity index (χ0n) is 12.0.